The molecule has 0 aromatic carbocycles. The predicted octanol–water partition coefficient (Wildman–Crippen LogP) is 2.46. The number of nitrogens with one attached hydrogen (secondary N) is 2. The summed E-state index contributed by atoms with van der Waals surface area (Å²) < 4.78 is 0. The molecule has 0 spiro atoms. The van der Waals surface area contributed by atoms with Gasteiger partial charge in [-0.25, -0.2) is 0 Å². The first-order valence-corrected chi connectivity index (χ1v) is 7.74. The molecule has 1 amide bonds. The van der Waals surface area contributed by atoms with Gasteiger partial charge in [0, 0.05) is 6.04 Å². The molecule has 3 nitrogen and oxygen atoms in total. The third-order valence-corrected chi connectivity index (χ3v) is 4.88. The Bertz CT molecular complexity index is 274. The molecule has 2 fully saturated rings. The van der Waals surface area contributed by atoms with Gasteiger partial charge in [0.25, 0.3) is 0 Å². The quantitative estimate of drug-likeness (QED) is 0.807. The van der Waals surface area contributed by atoms with Crippen molar-refractivity contribution in [2.45, 2.75) is 70.9 Å². The van der Waals surface area contributed by atoms with Crippen molar-refractivity contribution in [3.05, 3.63) is 0 Å². The van der Waals surface area contributed by atoms with Gasteiger partial charge in [0.15, 0.2) is 0 Å². The van der Waals surface area contributed by atoms with Gasteiger partial charge in [-0.15, -0.1) is 0 Å². The van der Waals surface area contributed by atoms with Crippen LogP contribution >= 0.6 is 0 Å². The highest BCUT2D eigenvalue weighted by atomic mass is 16.2. The summed E-state index contributed by atoms with van der Waals surface area (Å²) in [7, 11) is 0. The minimum Gasteiger partial charge on any atom is -0.352 e. The molecule has 3 unspecified atom stereocenters. The highest BCUT2D eigenvalue weighted by Gasteiger charge is 2.29. The summed E-state index contributed by atoms with van der Waals surface area (Å²) in [4.78, 5) is 12.3. The Morgan fingerprint density at radius 3 is 2.72 bits per heavy atom. The summed E-state index contributed by atoms with van der Waals surface area (Å²) in [6.07, 6.45) is 8.69. The monoisotopic (exact) mass is 252 g/mol. The minimum absolute atomic E-state index is 0.0487. The van der Waals surface area contributed by atoms with E-state index in [4.69, 9.17) is 0 Å². The first-order valence-electron chi connectivity index (χ1n) is 7.74. The lowest BCUT2D eigenvalue weighted by Gasteiger charge is -2.30. The van der Waals surface area contributed by atoms with Crippen LogP contribution in [0, 0.1) is 11.8 Å². The highest BCUT2D eigenvalue weighted by Crippen LogP contribution is 2.27. The van der Waals surface area contributed by atoms with Crippen molar-refractivity contribution >= 4 is 5.91 Å². The molecule has 0 bridgehead atoms. The Kier molecular flexibility index (Phi) is 5.04. The Morgan fingerprint density at radius 2 is 2.06 bits per heavy atom. The normalized spacial score (nSPS) is 31.2. The molecule has 18 heavy (non-hydrogen) atoms. The molecular formula is C15H28N2O. The Morgan fingerprint density at radius 1 is 1.33 bits per heavy atom. The van der Waals surface area contributed by atoms with E-state index in [0.29, 0.717) is 12.0 Å². The van der Waals surface area contributed by atoms with Gasteiger partial charge in [-0.2, -0.15) is 0 Å². The molecule has 104 valence electrons. The third-order valence-electron chi connectivity index (χ3n) is 4.88. The zero-order chi connectivity index (χ0) is 13.0. The molecule has 1 saturated carbocycles. The molecule has 3 heteroatoms. The summed E-state index contributed by atoms with van der Waals surface area (Å²) in [6, 6.07) is 0.399. The van der Waals surface area contributed by atoms with Crippen LogP contribution in [0.4, 0.5) is 0 Å². The lowest BCUT2D eigenvalue weighted by Crippen LogP contribution is -2.51. The number of hydrogen-bond acceptors (Lipinski definition) is 2. The van der Waals surface area contributed by atoms with Crippen molar-refractivity contribution in [1.82, 2.24) is 10.6 Å². The molecule has 2 aliphatic rings. The van der Waals surface area contributed by atoms with Gasteiger partial charge >= 0.3 is 0 Å². The molecule has 3 atom stereocenters. The fourth-order valence-corrected chi connectivity index (χ4v) is 3.47. The molecule has 0 radical (unpaired) electrons. The van der Waals surface area contributed by atoms with Gasteiger partial charge in [-0.1, -0.05) is 26.2 Å². The largest absolute Gasteiger partial charge is 0.352 e. The molecule has 1 aliphatic carbocycles. The highest BCUT2D eigenvalue weighted by molar-refractivity contribution is 5.82. The Labute approximate surface area is 111 Å². The fourth-order valence-electron chi connectivity index (χ4n) is 3.47. The van der Waals surface area contributed by atoms with Gasteiger partial charge in [-0.3, -0.25) is 4.79 Å². The van der Waals surface area contributed by atoms with Gasteiger partial charge in [-0.05, 0) is 51.0 Å². The van der Waals surface area contributed by atoms with Crippen molar-refractivity contribution in [3.63, 3.8) is 0 Å². The zero-order valence-electron chi connectivity index (χ0n) is 11.9. The summed E-state index contributed by atoms with van der Waals surface area (Å²) >= 11 is 0. The van der Waals surface area contributed by atoms with E-state index in [1.165, 1.54) is 38.5 Å². The second kappa shape index (κ2) is 6.55. The van der Waals surface area contributed by atoms with Crippen LogP contribution in [-0.2, 0) is 4.79 Å². The van der Waals surface area contributed by atoms with Crippen molar-refractivity contribution in [2.75, 3.05) is 6.54 Å². The number of hydrogen-bond donors (Lipinski definition) is 2. The van der Waals surface area contributed by atoms with E-state index in [1.54, 1.807) is 0 Å². The summed E-state index contributed by atoms with van der Waals surface area (Å²) in [5, 5.41) is 6.60. The zero-order valence-corrected chi connectivity index (χ0v) is 11.9. The predicted molar refractivity (Wildman–Crippen MR) is 74.4 cm³/mol. The average molecular weight is 252 g/mol. The van der Waals surface area contributed by atoms with Gasteiger partial charge < -0.3 is 10.6 Å². The van der Waals surface area contributed by atoms with Gasteiger partial charge in [0.1, 0.15) is 0 Å². The maximum atomic E-state index is 12.3. The van der Waals surface area contributed by atoms with E-state index in [2.05, 4.69) is 24.5 Å². The van der Waals surface area contributed by atoms with E-state index in [1.807, 2.05) is 0 Å². The minimum atomic E-state index is 0.0487. The molecule has 0 aromatic rings. The average Bonchev–Trinajstić information content (AvgIpc) is 2.92. The number of carbonyl (C=O) groups excluding carboxylic acids is 1. The van der Waals surface area contributed by atoms with Crippen LogP contribution in [0.1, 0.15) is 58.8 Å². The molecule has 2 rings (SSSR count). The number of amides is 1. The molecule has 1 saturated heterocycles. The summed E-state index contributed by atoms with van der Waals surface area (Å²) in [5.74, 6) is 1.66. The van der Waals surface area contributed by atoms with Crippen LogP contribution in [0.5, 0.6) is 0 Å². The standard InChI is InChI=1S/C15H28N2O/c1-3-12-8-9-16-14(10-12)15(18)17-11(2)13-6-4-5-7-13/h11-14,16H,3-10H2,1-2H3,(H,17,18). The van der Waals surface area contributed by atoms with Crippen molar-refractivity contribution in [3.8, 4) is 0 Å². The van der Waals surface area contributed by atoms with E-state index in [9.17, 15) is 4.79 Å². The fraction of sp³-hybridized carbons (Fsp3) is 0.933. The third kappa shape index (κ3) is 3.47. The number of carbonyl (C=O) groups is 1. The molecule has 0 aromatic heterocycles. The van der Waals surface area contributed by atoms with Crippen LogP contribution in [0.3, 0.4) is 0 Å². The molecular weight excluding hydrogens is 224 g/mol. The molecule has 1 heterocycles. The summed E-state index contributed by atoms with van der Waals surface area (Å²) in [6.45, 7) is 5.40. The first-order chi connectivity index (χ1) is 8.70. The first kappa shape index (κ1) is 13.9. The van der Waals surface area contributed by atoms with Gasteiger partial charge in [0.2, 0.25) is 5.91 Å². The Hall–Kier alpha value is -0.570. The Balaban J connectivity index is 1.79. The lowest BCUT2D eigenvalue weighted by atomic mass is 9.89. The smallest absolute Gasteiger partial charge is 0.237 e. The van der Waals surface area contributed by atoms with Crippen LogP contribution in [-0.4, -0.2) is 24.5 Å². The molecule has 1 aliphatic heterocycles. The summed E-state index contributed by atoms with van der Waals surface area (Å²) in [5.41, 5.74) is 0. The lowest BCUT2D eigenvalue weighted by molar-refractivity contribution is -0.125. The van der Waals surface area contributed by atoms with Crippen LogP contribution in [0.2, 0.25) is 0 Å². The second-order valence-electron chi connectivity index (χ2n) is 6.15. The van der Waals surface area contributed by atoms with E-state index >= 15 is 0 Å². The van der Waals surface area contributed by atoms with Crippen LogP contribution < -0.4 is 10.6 Å². The van der Waals surface area contributed by atoms with E-state index in [-0.39, 0.29) is 11.9 Å². The topological polar surface area (TPSA) is 41.1 Å². The number of piperidine rings is 1. The number of rotatable bonds is 4. The van der Waals surface area contributed by atoms with Crippen LogP contribution in [0.15, 0.2) is 0 Å². The van der Waals surface area contributed by atoms with Crippen molar-refractivity contribution < 1.29 is 4.79 Å². The molecule has 2 N–H and O–H groups in total. The van der Waals surface area contributed by atoms with Crippen LogP contribution in [0.25, 0.3) is 0 Å². The second-order valence-corrected chi connectivity index (χ2v) is 6.15. The van der Waals surface area contributed by atoms with Gasteiger partial charge in [0.05, 0.1) is 6.04 Å². The SMILES string of the molecule is CCC1CCNC(C(=O)NC(C)C2CCCC2)C1. The maximum absolute atomic E-state index is 12.3. The van der Waals surface area contributed by atoms with E-state index in [0.717, 1.165) is 18.9 Å². The van der Waals surface area contributed by atoms with Crippen molar-refractivity contribution in [1.29, 1.82) is 0 Å². The van der Waals surface area contributed by atoms with Crippen molar-refractivity contribution in [2.24, 2.45) is 11.8 Å². The van der Waals surface area contributed by atoms with E-state index < -0.39 is 0 Å². The maximum Gasteiger partial charge on any atom is 0.237 e.